The predicted octanol–water partition coefficient (Wildman–Crippen LogP) is 0.639. The third-order valence-corrected chi connectivity index (χ3v) is 4.45. The second-order valence-corrected chi connectivity index (χ2v) is 6.20. The maximum Gasteiger partial charge on any atom is 0.335 e. The van der Waals surface area contributed by atoms with E-state index in [0.717, 1.165) is 5.82 Å². The van der Waals surface area contributed by atoms with E-state index in [1.54, 1.807) is 12.4 Å². The number of nitrogens with one attached hydrogen (secondary N) is 1. The first-order valence-electron chi connectivity index (χ1n) is 6.19. The molecule has 0 aliphatic heterocycles. The van der Waals surface area contributed by atoms with Gasteiger partial charge in [0, 0.05) is 32.4 Å². The molecule has 0 fully saturated rings. The van der Waals surface area contributed by atoms with Crippen molar-refractivity contribution in [2.24, 2.45) is 7.05 Å². The van der Waals surface area contributed by atoms with Gasteiger partial charge in [-0.05, 0) is 24.3 Å². The average Bonchev–Trinajstić information content (AvgIpc) is 2.84. The fourth-order valence-electron chi connectivity index (χ4n) is 1.79. The molecule has 2 N–H and O–H groups in total. The van der Waals surface area contributed by atoms with Crippen molar-refractivity contribution in [1.82, 2.24) is 14.3 Å². The second kappa shape index (κ2) is 6.06. The van der Waals surface area contributed by atoms with Crippen LogP contribution in [0, 0.1) is 0 Å². The highest BCUT2D eigenvalue weighted by Crippen LogP contribution is 2.10. The predicted molar refractivity (Wildman–Crippen MR) is 75.5 cm³/mol. The number of sulfonamides is 1. The fraction of sp³-hybridized carbons (Fsp3) is 0.231. The first kappa shape index (κ1) is 15.2. The lowest BCUT2D eigenvalue weighted by Crippen LogP contribution is -2.26. The summed E-state index contributed by atoms with van der Waals surface area (Å²) in [5.74, 6) is -0.319. The van der Waals surface area contributed by atoms with Gasteiger partial charge in [0.2, 0.25) is 10.0 Å². The van der Waals surface area contributed by atoms with Gasteiger partial charge in [0.05, 0.1) is 10.5 Å². The Morgan fingerprint density at radius 3 is 2.52 bits per heavy atom. The van der Waals surface area contributed by atoms with Crippen molar-refractivity contribution >= 4 is 16.0 Å². The molecule has 0 atom stereocenters. The van der Waals surface area contributed by atoms with Gasteiger partial charge in [-0.15, -0.1) is 0 Å². The van der Waals surface area contributed by atoms with Gasteiger partial charge in [0.1, 0.15) is 5.82 Å². The van der Waals surface area contributed by atoms with Crippen molar-refractivity contribution in [3.8, 4) is 0 Å². The van der Waals surface area contributed by atoms with Gasteiger partial charge in [-0.2, -0.15) is 0 Å². The molecule has 2 rings (SSSR count). The molecule has 7 nitrogen and oxygen atoms in total. The fourth-order valence-corrected chi connectivity index (χ4v) is 2.83. The minimum atomic E-state index is -3.65. The molecule has 1 heterocycles. The van der Waals surface area contributed by atoms with Crippen LogP contribution in [0.5, 0.6) is 0 Å². The van der Waals surface area contributed by atoms with Gasteiger partial charge in [0.25, 0.3) is 0 Å². The van der Waals surface area contributed by atoms with Crippen molar-refractivity contribution in [2.75, 3.05) is 6.54 Å². The van der Waals surface area contributed by atoms with Crippen LogP contribution in [0.3, 0.4) is 0 Å². The zero-order chi connectivity index (χ0) is 15.5. The quantitative estimate of drug-likeness (QED) is 0.815. The molecule has 0 unspecified atom stereocenters. The van der Waals surface area contributed by atoms with E-state index in [4.69, 9.17) is 5.11 Å². The van der Waals surface area contributed by atoms with Crippen molar-refractivity contribution in [1.29, 1.82) is 0 Å². The van der Waals surface area contributed by atoms with Crippen LogP contribution in [0.25, 0.3) is 0 Å². The Kier molecular flexibility index (Phi) is 4.39. The lowest BCUT2D eigenvalue weighted by Gasteiger charge is -2.07. The molecule has 0 aliphatic carbocycles. The molecule has 21 heavy (non-hydrogen) atoms. The summed E-state index contributed by atoms with van der Waals surface area (Å²) in [7, 11) is -1.81. The second-order valence-electron chi connectivity index (χ2n) is 4.43. The van der Waals surface area contributed by atoms with E-state index in [1.165, 1.54) is 24.3 Å². The molecule has 0 radical (unpaired) electrons. The first-order valence-corrected chi connectivity index (χ1v) is 7.68. The molecule has 8 heteroatoms. The molecule has 1 aromatic heterocycles. The molecule has 0 saturated heterocycles. The van der Waals surface area contributed by atoms with Crippen LogP contribution in [-0.4, -0.2) is 35.6 Å². The largest absolute Gasteiger partial charge is 0.478 e. The van der Waals surface area contributed by atoms with Gasteiger partial charge in [-0.3, -0.25) is 0 Å². The lowest BCUT2D eigenvalue weighted by atomic mass is 10.2. The Morgan fingerprint density at radius 2 is 2.00 bits per heavy atom. The van der Waals surface area contributed by atoms with Crippen LogP contribution in [0.15, 0.2) is 41.6 Å². The first-order chi connectivity index (χ1) is 9.90. The summed E-state index contributed by atoms with van der Waals surface area (Å²) < 4.78 is 28.4. The maximum atomic E-state index is 12.0. The number of benzene rings is 1. The molecule has 0 aliphatic rings. The average molecular weight is 309 g/mol. The number of hydrogen-bond donors (Lipinski definition) is 2. The Labute approximate surface area is 122 Å². The third kappa shape index (κ3) is 3.67. The number of hydrogen-bond acceptors (Lipinski definition) is 4. The van der Waals surface area contributed by atoms with E-state index < -0.39 is 16.0 Å². The molecule has 2 aromatic rings. The molecular formula is C13H15N3O4S. The highest BCUT2D eigenvalue weighted by molar-refractivity contribution is 7.89. The van der Waals surface area contributed by atoms with Crippen molar-refractivity contribution in [3.05, 3.63) is 48.0 Å². The standard InChI is InChI=1S/C13H15N3O4S/c1-16-9-8-14-12(16)6-7-15-21(19,20)11-4-2-10(3-5-11)13(17)18/h2-5,8-9,15H,6-7H2,1H3,(H,17,18). The number of nitrogens with zero attached hydrogens (tertiary/aromatic N) is 2. The maximum absolute atomic E-state index is 12.0. The SMILES string of the molecule is Cn1ccnc1CCNS(=O)(=O)c1ccc(C(=O)O)cc1. The normalized spacial score (nSPS) is 11.5. The van der Waals surface area contributed by atoms with E-state index in [9.17, 15) is 13.2 Å². The van der Waals surface area contributed by atoms with Gasteiger partial charge < -0.3 is 9.67 Å². The lowest BCUT2D eigenvalue weighted by molar-refractivity contribution is 0.0696. The van der Waals surface area contributed by atoms with E-state index in [1.807, 2.05) is 11.6 Å². The van der Waals surface area contributed by atoms with E-state index >= 15 is 0 Å². The molecule has 0 saturated carbocycles. The van der Waals surface area contributed by atoms with Crippen LogP contribution in [0.2, 0.25) is 0 Å². The number of aromatic nitrogens is 2. The highest BCUT2D eigenvalue weighted by atomic mass is 32.2. The van der Waals surface area contributed by atoms with E-state index in [2.05, 4.69) is 9.71 Å². The number of rotatable bonds is 6. The van der Waals surface area contributed by atoms with Crippen LogP contribution in [0.4, 0.5) is 0 Å². The smallest absolute Gasteiger partial charge is 0.335 e. The molecule has 112 valence electrons. The van der Waals surface area contributed by atoms with Gasteiger partial charge in [0.15, 0.2) is 0 Å². The number of imidazole rings is 1. The summed E-state index contributed by atoms with van der Waals surface area (Å²) in [6, 6.07) is 5.06. The zero-order valence-corrected chi connectivity index (χ0v) is 12.2. The van der Waals surface area contributed by atoms with Gasteiger partial charge in [-0.1, -0.05) is 0 Å². The topological polar surface area (TPSA) is 101 Å². The Hall–Kier alpha value is -2.19. The van der Waals surface area contributed by atoms with Crippen molar-refractivity contribution in [2.45, 2.75) is 11.3 Å². The monoisotopic (exact) mass is 309 g/mol. The third-order valence-electron chi connectivity index (χ3n) is 2.97. The summed E-state index contributed by atoms with van der Waals surface area (Å²) in [4.78, 5) is 14.9. The number of carboxylic acid groups (broad SMARTS) is 1. The number of aryl methyl sites for hydroxylation is 1. The summed E-state index contributed by atoms with van der Waals surface area (Å²) in [5, 5.41) is 8.78. The summed E-state index contributed by atoms with van der Waals surface area (Å²) in [6.45, 7) is 0.216. The van der Waals surface area contributed by atoms with Crippen molar-refractivity contribution < 1.29 is 18.3 Å². The van der Waals surface area contributed by atoms with Gasteiger partial charge in [-0.25, -0.2) is 22.9 Å². The van der Waals surface area contributed by atoms with Crippen LogP contribution in [-0.2, 0) is 23.5 Å². The molecular weight excluding hydrogens is 294 g/mol. The number of carboxylic acids is 1. The molecule has 0 bridgehead atoms. The summed E-state index contributed by atoms with van der Waals surface area (Å²) in [5.41, 5.74) is 0.0435. The molecule has 0 amide bonds. The van der Waals surface area contributed by atoms with Crippen LogP contribution in [0.1, 0.15) is 16.2 Å². The number of aromatic carboxylic acids is 1. The van der Waals surface area contributed by atoms with E-state index in [-0.39, 0.29) is 17.0 Å². The van der Waals surface area contributed by atoms with E-state index in [0.29, 0.717) is 6.42 Å². The zero-order valence-electron chi connectivity index (χ0n) is 11.4. The molecule has 1 aromatic carbocycles. The van der Waals surface area contributed by atoms with Crippen LogP contribution < -0.4 is 4.72 Å². The summed E-state index contributed by atoms with van der Waals surface area (Å²) >= 11 is 0. The Morgan fingerprint density at radius 1 is 1.33 bits per heavy atom. The minimum Gasteiger partial charge on any atom is -0.478 e. The Bertz CT molecular complexity index is 735. The van der Waals surface area contributed by atoms with Crippen LogP contribution >= 0.6 is 0 Å². The summed E-state index contributed by atoms with van der Waals surface area (Å²) in [6.07, 6.45) is 3.90. The van der Waals surface area contributed by atoms with Gasteiger partial charge >= 0.3 is 5.97 Å². The minimum absolute atomic E-state index is 0.0346. The number of carbonyl (C=O) groups is 1. The Balaban J connectivity index is 2.01. The molecule has 0 spiro atoms. The van der Waals surface area contributed by atoms with Crippen molar-refractivity contribution in [3.63, 3.8) is 0 Å². The highest BCUT2D eigenvalue weighted by Gasteiger charge is 2.14.